The molecule has 1 aliphatic rings. The molecule has 0 spiro atoms. The predicted octanol–water partition coefficient (Wildman–Crippen LogP) is 5.29. The van der Waals surface area contributed by atoms with E-state index in [1.807, 2.05) is 64.1 Å². The number of carbonyl (C=O) groups excluding carboxylic acids is 2. The highest BCUT2D eigenvalue weighted by atomic mass is 35.5. The van der Waals surface area contributed by atoms with E-state index in [1.165, 1.54) is 4.90 Å². The summed E-state index contributed by atoms with van der Waals surface area (Å²) >= 11 is 6.24. The monoisotopic (exact) mass is 426 g/mol. The maximum absolute atomic E-state index is 13.2. The number of rotatable bonds is 8. The van der Waals surface area contributed by atoms with Crippen LogP contribution in [0.15, 0.2) is 48.2 Å². The lowest BCUT2D eigenvalue weighted by molar-refractivity contribution is -0.137. The Morgan fingerprint density at radius 3 is 2.37 bits per heavy atom. The molecule has 0 saturated carbocycles. The summed E-state index contributed by atoms with van der Waals surface area (Å²) in [6.07, 6.45) is 0.914. The molecule has 1 heterocycles. The minimum Gasteiger partial charge on any atom is -0.494 e. The second-order valence-electron chi connectivity index (χ2n) is 7.83. The molecule has 1 N–H and O–H groups in total. The van der Waals surface area contributed by atoms with Crippen molar-refractivity contribution >= 4 is 34.7 Å². The molecule has 5 nitrogen and oxygen atoms in total. The number of nitrogens with zero attached hydrogens (tertiary/aromatic N) is 1. The van der Waals surface area contributed by atoms with Gasteiger partial charge in [-0.3, -0.25) is 14.5 Å². The van der Waals surface area contributed by atoms with Crippen LogP contribution in [0, 0.1) is 12.8 Å². The summed E-state index contributed by atoms with van der Waals surface area (Å²) in [6, 6.07) is 12.7. The topological polar surface area (TPSA) is 58.6 Å². The summed E-state index contributed by atoms with van der Waals surface area (Å²) in [7, 11) is 0. The van der Waals surface area contributed by atoms with Gasteiger partial charge in [-0.15, -0.1) is 0 Å². The first-order valence-corrected chi connectivity index (χ1v) is 10.6. The molecule has 3 rings (SSSR count). The number of hydrogen-bond acceptors (Lipinski definition) is 4. The Morgan fingerprint density at radius 1 is 1.07 bits per heavy atom. The summed E-state index contributed by atoms with van der Waals surface area (Å²) < 4.78 is 5.63. The van der Waals surface area contributed by atoms with Gasteiger partial charge in [-0.25, -0.2) is 0 Å². The number of aryl methyl sites for hydroxylation is 1. The van der Waals surface area contributed by atoms with Crippen LogP contribution in [0.3, 0.4) is 0 Å². The van der Waals surface area contributed by atoms with Crippen LogP contribution in [0.4, 0.5) is 5.69 Å². The highest BCUT2D eigenvalue weighted by Crippen LogP contribution is 2.32. The van der Waals surface area contributed by atoms with Gasteiger partial charge in [-0.1, -0.05) is 50.6 Å². The van der Waals surface area contributed by atoms with E-state index in [9.17, 15) is 9.59 Å². The minimum absolute atomic E-state index is 0.164. The number of benzene rings is 2. The zero-order chi connectivity index (χ0) is 21.8. The van der Waals surface area contributed by atoms with Crippen LogP contribution in [0.25, 0.3) is 5.57 Å². The van der Waals surface area contributed by atoms with Crippen LogP contribution >= 0.6 is 11.6 Å². The van der Waals surface area contributed by atoms with Gasteiger partial charge in [0.2, 0.25) is 0 Å². The Morgan fingerprint density at radius 2 is 1.77 bits per heavy atom. The molecular weight excluding hydrogens is 400 g/mol. The molecule has 0 atom stereocenters. The molecule has 0 unspecified atom stereocenters. The lowest BCUT2D eigenvalue weighted by atomic mass is 10.0. The average Bonchev–Trinajstić information content (AvgIpc) is 2.93. The van der Waals surface area contributed by atoms with E-state index >= 15 is 0 Å². The molecule has 0 aliphatic carbocycles. The smallest absolute Gasteiger partial charge is 0.278 e. The number of ether oxygens (including phenoxy) is 1. The number of imide groups is 1. The fourth-order valence-corrected chi connectivity index (χ4v) is 3.42. The van der Waals surface area contributed by atoms with Crippen LogP contribution in [0.2, 0.25) is 5.02 Å². The SMILES string of the molecule is CCCOc1ccc(C2=C(Nc3ccc(C)c(Cl)c3)C(=O)N(CC(C)C)C2=O)cc1. The summed E-state index contributed by atoms with van der Waals surface area (Å²) in [5.74, 6) is 0.275. The van der Waals surface area contributed by atoms with Crippen molar-refractivity contribution in [2.24, 2.45) is 5.92 Å². The molecule has 0 aromatic heterocycles. The Labute approximate surface area is 182 Å². The van der Waals surface area contributed by atoms with Gasteiger partial charge in [-0.2, -0.15) is 0 Å². The quantitative estimate of drug-likeness (QED) is 0.583. The summed E-state index contributed by atoms with van der Waals surface area (Å²) in [5.41, 5.74) is 2.90. The molecule has 30 heavy (non-hydrogen) atoms. The van der Waals surface area contributed by atoms with E-state index in [1.54, 1.807) is 6.07 Å². The summed E-state index contributed by atoms with van der Waals surface area (Å²) in [6.45, 7) is 8.89. The standard InChI is InChI=1S/C24H27ClN2O3/c1-5-12-30-19-10-7-17(8-11-19)21-22(24(29)27(23(21)28)14-15(2)3)26-18-9-6-16(4)20(25)13-18/h6-11,13,15,26H,5,12,14H2,1-4H3. The Bertz CT molecular complexity index is 980. The van der Waals surface area contributed by atoms with Gasteiger partial charge in [0, 0.05) is 17.3 Å². The lowest BCUT2D eigenvalue weighted by Crippen LogP contribution is -2.35. The van der Waals surface area contributed by atoms with Gasteiger partial charge >= 0.3 is 0 Å². The van der Waals surface area contributed by atoms with Crippen molar-refractivity contribution in [2.45, 2.75) is 34.1 Å². The average molecular weight is 427 g/mol. The van der Waals surface area contributed by atoms with Crippen molar-refractivity contribution in [3.8, 4) is 5.75 Å². The normalized spacial score (nSPS) is 14.1. The van der Waals surface area contributed by atoms with E-state index in [-0.39, 0.29) is 23.4 Å². The zero-order valence-corrected chi connectivity index (χ0v) is 18.5. The molecule has 0 radical (unpaired) electrons. The number of nitrogens with one attached hydrogen (secondary N) is 1. The molecule has 2 aromatic carbocycles. The van der Waals surface area contributed by atoms with E-state index in [0.29, 0.717) is 35.0 Å². The van der Waals surface area contributed by atoms with Gasteiger partial charge < -0.3 is 10.1 Å². The Kier molecular flexibility index (Phi) is 6.83. The predicted molar refractivity (Wildman–Crippen MR) is 121 cm³/mol. The first kappa shape index (κ1) is 21.9. The molecule has 6 heteroatoms. The highest BCUT2D eigenvalue weighted by molar-refractivity contribution is 6.36. The van der Waals surface area contributed by atoms with Crippen molar-refractivity contribution in [1.29, 1.82) is 0 Å². The molecule has 1 aliphatic heterocycles. The number of hydrogen-bond donors (Lipinski definition) is 1. The Balaban J connectivity index is 2.00. The van der Waals surface area contributed by atoms with Gasteiger partial charge in [0.05, 0.1) is 12.2 Å². The largest absolute Gasteiger partial charge is 0.494 e. The number of amides is 2. The molecule has 0 saturated heterocycles. The van der Waals surface area contributed by atoms with Crippen LogP contribution in [-0.4, -0.2) is 29.9 Å². The second kappa shape index (κ2) is 9.35. The zero-order valence-electron chi connectivity index (χ0n) is 17.8. The van der Waals surface area contributed by atoms with E-state index in [0.717, 1.165) is 17.7 Å². The van der Waals surface area contributed by atoms with Crippen LogP contribution in [0.5, 0.6) is 5.75 Å². The van der Waals surface area contributed by atoms with Gasteiger partial charge in [-0.05, 0) is 54.7 Å². The van der Waals surface area contributed by atoms with Crippen molar-refractivity contribution in [3.05, 3.63) is 64.3 Å². The fourth-order valence-electron chi connectivity index (χ4n) is 3.24. The third-order valence-corrected chi connectivity index (χ3v) is 5.18. The van der Waals surface area contributed by atoms with Crippen LogP contribution < -0.4 is 10.1 Å². The first-order valence-electron chi connectivity index (χ1n) is 10.2. The summed E-state index contributed by atoms with van der Waals surface area (Å²) in [5, 5.41) is 3.73. The maximum atomic E-state index is 13.2. The van der Waals surface area contributed by atoms with Gasteiger partial charge in [0.1, 0.15) is 11.4 Å². The third-order valence-electron chi connectivity index (χ3n) is 4.77. The third kappa shape index (κ3) is 4.68. The van der Waals surface area contributed by atoms with Crippen LogP contribution in [0.1, 0.15) is 38.3 Å². The van der Waals surface area contributed by atoms with Crippen molar-refractivity contribution in [2.75, 3.05) is 18.5 Å². The number of carbonyl (C=O) groups is 2. The highest BCUT2D eigenvalue weighted by Gasteiger charge is 2.39. The number of halogens is 1. The second-order valence-corrected chi connectivity index (χ2v) is 8.23. The number of anilines is 1. The lowest BCUT2D eigenvalue weighted by Gasteiger charge is -2.17. The minimum atomic E-state index is -0.327. The van der Waals surface area contributed by atoms with E-state index in [2.05, 4.69) is 5.32 Å². The Hall–Kier alpha value is -2.79. The van der Waals surface area contributed by atoms with E-state index in [4.69, 9.17) is 16.3 Å². The van der Waals surface area contributed by atoms with Crippen LogP contribution in [-0.2, 0) is 9.59 Å². The summed E-state index contributed by atoms with van der Waals surface area (Å²) in [4.78, 5) is 27.6. The van der Waals surface area contributed by atoms with Crippen molar-refractivity contribution in [1.82, 2.24) is 4.90 Å². The first-order chi connectivity index (χ1) is 14.3. The van der Waals surface area contributed by atoms with Gasteiger partial charge in [0.25, 0.3) is 11.8 Å². The van der Waals surface area contributed by atoms with Crippen molar-refractivity contribution < 1.29 is 14.3 Å². The van der Waals surface area contributed by atoms with E-state index < -0.39 is 0 Å². The molecule has 158 valence electrons. The maximum Gasteiger partial charge on any atom is 0.278 e. The molecule has 0 fully saturated rings. The van der Waals surface area contributed by atoms with Crippen molar-refractivity contribution in [3.63, 3.8) is 0 Å². The molecule has 2 aromatic rings. The fraction of sp³-hybridized carbons (Fsp3) is 0.333. The molecule has 0 bridgehead atoms. The molecule has 2 amide bonds. The molecular formula is C24H27ClN2O3. The van der Waals surface area contributed by atoms with Gasteiger partial charge in [0.15, 0.2) is 0 Å².